The molecule has 1 amide bonds. The van der Waals surface area contributed by atoms with E-state index in [0.29, 0.717) is 23.8 Å². The zero-order valence-electron chi connectivity index (χ0n) is 16.4. The van der Waals surface area contributed by atoms with Crippen LogP contribution in [-0.2, 0) is 11.4 Å². The van der Waals surface area contributed by atoms with Crippen LogP contribution in [0.1, 0.15) is 11.1 Å². The number of hydrogen-bond donors (Lipinski definition) is 1. The van der Waals surface area contributed by atoms with Crippen LogP contribution in [0.4, 0.5) is 5.69 Å². The van der Waals surface area contributed by atoms with Gasteiger partial charge in [-0.2, -0.15) is 0 Å². The first-order chi connectivity index (χ1) is 14.2. The Labute approximate surface area is 170 Å². The van der Waals surface area contributed by atoms with Crippen molar-refractivity contribution in [1.82, 2.24) is 0 Å². The third kappa shape index (κ3) is 5.87. The van der Waals surface area contributed by atoms with E-state index in [4.69, 9.17) is 14.2 Å². The van der Waals surface area contributed by atoms with Gasteiger partial charge < -0.3 is 19.5 Å². The Bertz CT molecular complexity index is 966. The Morgan fingerprint density at radius 1 is 0.897 bits per heavy atom. The van der Waals surface area contributed by atoms with Crippen LogP contribution in [-0.4, -0.2) is 20.1 Å². The molecule has 0 aliphatic rings. The minimum absolute atomic E-state index is 0.235. The molecule has 3 aromatic rings. The van der Waals surface area contributed by atoms with Crippen LogP contribution < -0.4 is 19.5 Å². The Morgan fingerprint density at radius 3 is 2.31 bits per heavy atom. The topological polar surface area (TPSA) is 56.8 Å². The lowest BCUT2D eigenvalue weighted by Gasteiger charge is -2.08. The van der Waals surface area contributed by atoms with E-state index in [0.717, 1.165) is 16.9 Å². The van der Waals surface area contributed by atoms with Crippen molar-refractivity contribution in [2.24, 2.45) is 0 Å². The smallest absolute Gasteiger partial charge is 0.248 e. The molecule has 5 heteroatoms. The van der Waals surface area contributed by atoms with Gasteiger partial charge in [0.25, 0.3) is 0 Å². The van der Waals surface area contributed by atoms with Crippen molar-refractivity contribution in [2.75, 3.05) is 19.5 Å². The van der Waals surface area contributed by atoms with Crippen molar-refractivity contribution < 1.29 is 19.0 Å². The fourth-order valence-corrected chi connectivity index (χ4v) is 2.68. The Kier molecular flexibility index (Phi) is 6.90. The van der Waals surface area contributed by atoms with Gasteiger partial charge in [-0.05, 0) is 48.0 Å². The van der Waals surface area contributed by atoms with Gasteiger partial charge in [0, 0.05) is 23.4 Å². The highest BCUT2D eigenvalue weighted by atomic mass is 16.5. The molecule has 3 aromatic carbocycles. The van der Waals surface area contributed by atoms with Gasteiger partial charge in [-0.25, -0.2) is 0 Å². The summed E-state index contributed by atoms with van der Waals surface area (Å²) in [5.74, 6) is 1.83. The molecule has 0 aromatic heterocycles. The molecule has 0 spiro atoms. The average molecular weight is 389 g/mol. The first kappa shape index (κ1) is 20.0. The van der Waals surface area contributed by atoms with Gasteiger partial charge in [-0.1, -0.05) is 30.3 Å². The predicted octanol–water partition coefficient (Wildman–Crippen LogP) is 4.93. The lowest BCUT2D eigenvalue weighted by Crippen LogP contribution is -2.07. The number of ether oxygens (including phenoxy) is 3. The van der Waals surface area contributed by atoms with Gasteiger partial charge in [0.15, 0.2) is 0 Å². The summed E-state index contributed by atoms with van der Waals surface area (Å²) in [6.45, 7) is 0.499. The molecule has 3 rings (SSSR count). The number of amides is 1. The molecular weight excluding hydrogens is 366 g/mol. The number of benzene rings is 3. The molecule has 0 aliphatic heterocycles. The van der Waals surface area contributed by atoms with Crippen LogP contribution >= 0.6 is 0 Å². The van der Waals surface area contributed by atoms with Crippen LogP contribution in [0.5, 0.6) is 17.2 Å². The van der Waals surface area contributed by atoms with E-state index >= 15 is 0 Å². The molecule has 0 atom stereocenters. The Morgan fingerprint density at radius 2 is 1.62 bits per heavy atom. The Balaban J connectivity index is 1.56. The molecule has 0 saturated carbocycles. The highest BCUT2D eigenvalue weighted by Gasteiger charge is 2.04. The van der Waals surface area contributed by atoms with Gasteiger partial charge in [0.2, 0.25) is 5.91 Å². The standard InChI is InChI=1S/C24H23NO4/c1-27-22-12-8-19(23(16-22)28-2)9-15-24(26)25-20-10-13-21(14-11-20)29-17-18-6-4-3-5-7-18/h3-16H,17H2,1-2H3,(H,25,26). The van der Waals surface area contributed by atoms with Gasteiger partial charge in [-0.15, -0.1) is 0 Å². The molecule has 1 N–H and O–H groups in total. The molecule has 0 radical (unpaired) electrons. The van der Waals surface area contributed by atoms with Gasteiger partial charge in [-0.3, -0.25) is 4.79 Å². The predicted molar refractivity (Wildman–Crippen MR) is 114 cm³/mol. The van der Waals surface area contributed by atoms with Gasteiger partial charge in [0.05, 0.1) is 14.2 Å². The number of nitrogens with one attached hydrogen (secondary N) is 1. The monoisotopic (exact) mass is 389 g/mol. The maximum absolute atomic E-state index is 12.2. The summed E-state index contributed by atoms with van der Waals surface area (Å²) in [4.78, 5) is 12.2. The number of carbonyl (C=O) groups is 1. The minimum Gasteiger partial charge on any atom is -0.497 e. The van der Waals surface area contributed by atoms with E-state index in [-0.39, 0.29) is 5.91 Å². The van der Waals surface area contributed by atoms with Crippen molar-refractivity contribution in [3.05, 3.63) is 90.0 Å². The zero-order valence-corrected chi connectivity index (χ0v) is 16.4. The fraction of sp³-hybridized carbons (Fsp3) is 0.125. The summed E-state index contributed by atoms with van der Waals surface area (Å²) in [6.07, 6.45) is 3.16. The van der Waals surface area contributed by atoms with E-state index < -0.39 is 0 Å². The van der Waals surface area contributed by atoms with Crippen LogP contribution in [0.15, 0.2) is 78.9 Å². The summed E-state index contributed by atoms with van der Waals surface area (Å²) < 4.78 is 16.3. The van der Waals surface area contributed by atoms with E-state index in [9.17, 15) is 4.79 Å². The van der Waals surface area contributed by atoms with Crippen LogP contribution in [0.3, 0.4) is 0 Å². The zero-order chi connectivity index (χ0) is 20.5. The third-order valence-corrected chi connectivity index (χ3v) is 4.23. The summed E-state index contributed by atoms with van der Waals surface area (Å²) in [5.41, 5.74) is 2.57. The first-order valence-electron chi connectivity index (χ1n) is 9.16. The van der Waals surface area contributed by atoms with Crippen molar-refractivity contribution in [1.29, 1.82) is 0 Å². The number of methoxy groups -OCH3 is 2. The van der Waals surface area contributed by atoms with Crippen molar-refractivity contribution in [3.63, 3.8) is 0 Å². The summed E-state index contributed by atoms with van der Waals surface area (Å²) in [7, 11) is 3.17. The number of rotatable bonds is 8. The van der Waals surface area contributed by atoms with Crippen LogP contribution in [0.25, 0.3) is 6.08 Å². The molecule has 0 bridgehead atoms. The van der Waals surface area contributed by atoms with Crippen LogP contribution in [0, 0.1) is 0 Å². The molecule has 0 saturated heterocycles. The van der Waals surface area contributed by atoms with E-state index in [1.54, 1.807) is 38.5 Å². The van der Waals surface area contributed by atoms with Crippen LogP contribution in [0.2, 0.25) is 0 Å². The molecule has 0 fully saturated rings. The molecule has 0 heterocycles. The molecule has 0 aliphatic carbocycles. The van der Waals surface area contributed by atoms with E-state index in [1.807, 2.05) is 54.6 Å². The van der Waals surface area contributed by atoms with Crippen molar-refractivity contribution in [3.8, 4) is 17.2 Å². The number of hydrogen-bond acceptors (Lipinski definition) is 4. The molecule has 0 unspecified atom stereocenters. The average Bonchev–Trinajstić information content (AvgIpc) is 2.77. The molecule has 5 nitrogen and oxygen atoms in total. The molecular formula is C24H23NO4. The quantitative estimate of drug-likeness (QED) is 0.555. The molecule has 148 valence electrons. The van der Waals surface area contributed by atoms with Crippen molar-refractivity contribution >= 4 is 17.7 Å². The van der Waals surface area contributed by atoms with Gasteiger partial charge >= 0.3 is 0 Å². The second kappa shape index (κ2) is 9.99. The van der Waals surface area contributed by atoms with Gasteiger partial charge in [0.1, 0.15) is 23.9 Å². The maximum Gasteiger partial charge on any atom is 0.248 e. The van der Waals surface area contributed by atoms with E-state index in [2.05, 4.69) is 5.32 Å². The first-order valence-corrected chi connectivity index (χ1v) is 9.16. The lowest BCUT2D eigenvalue weighted by molar-refractivity contribution is -0.111. The minimum atomic E-state index is -0.235. The lowest BCUT2D eigenvalue weighted by atomic mass is 10.1. The fourth-order valence-electron chi connectivity index (χ4n) is 2.68. The largest absolute Gasteiger partial charge is 0.497 e. The number of carbonyl (C=O) groups excluding carboxylic acids is 1. The Hall–Kier alpha value is -3.73. The van der Waals surface area contributed by atoms with Crippen molar-refractivity contribution in [2.45, 2.75) is 6.61 Å². The summed E-state index contributed by atoms with van der Waals surface area (Å²) >= 11 is 0. The highest BCUT2D eigenvalue weighted by Crippen LogP contribution is 2.25. The maximum atomic E-state index is 12.2. The number of anilines is 1. The normalized spacial score (nSPS) is 10.6. The van der Waals surface area contributed by atoms with E-state index in [1.165, 1.54) is 6.08 Å². The molecule has 29 heavy (non-hydrogen) atoms. The second-order valence-electron chi connectivity index (χ2n) is 6.23. The SMILES string of the molecule is COc1ccc(C=CC(=O)Nc2ccc(OCc3ccccc3)cc2)c(OC)c1. The second-order valence-corrected chi connectivity index (χ2v) is 6.23. The summed E-state index contributed by atoms with van der Waals surface area (Å²) in [6, 6.07) is 22.6. The third-order valence-electron chi connectivity index (χ3n) is 4.23. The highest BCUT2D eigenvalue weighted by molar-refractivity contribution is 6.02. The summed E-state index contributed by atoms with van der Waals surface area (Å²) in [5, 5.41) is 2.83.